The van der Waals surface area contributed by atoms with Crippen LogP contribution in [0.4, 0.5) is 10.2 Å². The van der Waals surface area contributed by atoms with E-state index in [0.29, 0.717) is 19.5 Å². The van der Waals surface area contributed by atoms with Crippen LogP contribution in [-0.4, -0.2) is 51.7 Å². The number of nitrogens with zero attached hydrogens (tertiary/aromatic N) is 3. The molecule has 0 aromatic carbocycles. The van der Waals surface area contributed by atoms with Gasteiger partial charge in [0.2, 0.25) is 11.3 Å². The number of nitrogens with two attached hydrogens (primary N) is 1. The van der Waals surface area contributed by atoms with Crippen molar-refractivity contribution in [1.82, 2.24) is 14.9 Å². The van der Waals surface area contributed by atoms with Crippen LogP contribution >= 0.6 is 0 Å². The van der Waals surface area contributed by atoms with Crippen LogP contribution in [0.15, 0.2) is 17.1 Å². The van der Waals surface area contributed by atoms with Crippen molar-refractivity contribution in [3.8, 4) is 0 Å². The number of carbonyl (C=O) groups excluding carboxylic acids is 1. The summed E-state index contributed by atoms with van der Waals surface area (Å²) in [5.74, 6) is -2.22. The van der Waals surface area contributed by atoms with Gasteiger partial charge in [0.25, 0.3) is 0 Å². The van der Waals surface area contributed by atoms with Gasteiger partial charge in [-0.05, 0) is 32.3 Å². The summed E-state index contributed by atoms with van der Waals surface area (Å²) in [5.41, 5.74) is 4.72. The van der Waals surface area contributed by atoms with Gasteiger partial charge in [-0.25, -0.2) is 14.2 Å². The number of pyridine rings is 2. The van der Waals surface area contributed by atoms with Gasteiger partial charge in [0.05, 0.1) is 11.4 Å². The number of carbonyl (C=O) groups is 2. The number of hydrogen-bond acceptors (Lipinski definition) is 6. The second-order valence-corrected chi connectivity index (χ2v) is 7.71. The lowest BCUT2D eigenvalue weighted by atomic mass is 10.2. The van der Waals surface area contributed by atoms with Crippen LogP contribution in [0.3, 0.4) is 0 Å². The number of hydrogen-bond donors (Lipinski definition) is 3. The summed E-state index contributed by atoms with van der Waals surface area (Å²) in [7, 11) is 0. The van der Waals surface area contributed by atoms with Crippen LogP contribution in [0.25, 0.3) is 11.0 Å². The molecule has 10 heteroatoms. The molecule has 4 N–H and O–H groups in total. The van der Waals surface area contributed by atoms with E-state index in [1.165, 1.54) is 6.20 Å². The fourth-order valence-corrected chi connectivity index (χ4v) is 3.65. The van der Waals surface area contributed by atoms with E-state index in [1.807, 2.05) is 0 Å². The zero-order valence-corrected chi connectivity index (χ0v) is 15.9. The highest BCUT2D eigenvalue weighted by Crippen LogP contribution is 2.37. The second-order valence-electron chi connectivity index (χ2n) is 7.71. The van der Waals surface area contributed by atoms with E-state index in [2.05, 4.69) is 10.3 Å². The predicted molar refractivity (Wildman–Crippen MR) is 104 cm³/mol. The molecule has 2 atom stereocenters. The number of fused-ring (bicyclic) bond motifs is 1. The van der Waals surface area contributed by atoms with Gasteiger partial charge in [-0.2, -0.15) is 0 Å². The summed E-state index contributed by atoms with van der Waals surface area (Å²) in [4.78, 5) is 41.9. The molecule has 0 spiro atoms. The maximum absolute atomic E-state index is 14.8. The average Bonchev–Trinajstić information content (AvgIpc) is 3.40. The van der Waals surface area contributed by atoms with Gasteiger partial charge in [-0.3, -0.25) is 9.59 Å². The minimum atomic E-state index is -1.34. The number of carboxylic acid groups (broad SMARTS) is 1. The predicted octanol–water partition coefficient (Wildman–Crippen LogP) is 0.611. The van der Waals surface area contributed by atoms with Crippen LogP contribution < -0.4 is 21.4 Å². The molecule has 3 heterocycles. The molecule has 1 saturated carbocycles. The number of rotatable bonds is 5. The Hall–Kier alpha value is -3.01. The number of anilines is 1. The lowest BCUT2D eigenvalue weighted by molar-refractivity contribution is -0.122. The van der Waals surface area contributed by atoms with Crippen LogP contribution in [0.2, 0.25) is 0 Å². The van der Waals surface area contributed by atoms with Crippen molar-refractivity contribution in [2.24, 2.45) is 5.73 Å². The number of amides is 1. The van der Waals surface area contributed by atoms with Gasteiger partial charge in [-0.15, -0.1) is 0 Å². The third kappa shape index (κ3) is 3.55. The van der Waals surface area contributed by atoms with E-state index >= 15 is 0 Å². The molecule has 1 saturated heterocycles. The molecule has 1 aliphatic heterocycles. The van der Waals surface area contributed by atoms with Crippen molar-refractivity contribution in [2.75, 3.05) is 18.0 Å². The van der Waals surface area contributed by atoms with Gasteiger partial charge < -0.3 is 25.6 Å². The molecule has 29 heavy (non-hydrogen) atoms. The standard InChI is InChI=1S/C19H22FN5O4/c1-9(21)18(27)22-10-4-5-24(7-10)17-14(20)6-12-15(26)13(19(28)29)8-25(11-2-3-11)16(12)23-17/h6,8-11H,2-5,7,21H2,1H3,(H,22,27)(H,28,29)/t9-,10+/m0/s1. The van der Waals surface area contributed by atoms with Gasteiger partial charge in [0, 0.05) is 31.4 Å². The number of carboxylic acids is 1. The molecular weight excluding hydrogens is 381 g/mol. The molecule has 2 aliphatic rings. The molecule has 1 aliphatic carbocycles. The van der Waals surface area contributed by atoms with Crippen LogP contribution in [-0.2, 0) is 4.79 Å². The van der Waals surface area contributed by atoms with Crippen molar-refractivity contribution >= 4 is 28.7 Å². The lowest BCUT2D eigenvalue weighted by Crippen LogP contribution is -2.45. The molecule has 9 nitrogen and oxygen atoms in total. The van der Waals surface area contributed by atoms with Gasteiger partial charge in [-0.1, -0.05) is 0 Å². The highest BCUT2D eigenvalue weighted by atomic mass is 19.1. The van der Waals surface area contributed by atoms with E-state index in [9.17, 15) is 23.9 Å². The molecular formula is C19H22FN5O4. The van der Waals surface area contributed by atoms with Crippen molar-refractivity contribution in [2.45, 2.75) is 44.3 Å². The topological polar surface area (TPSA) is 131 Å². The zero-order chi connectivity index (χ0) is 20.9. The maximum Gasteiger partial charge on any atom is 0.341 e. The monoisotopic (exact) mass is 403 g/mol. The summed E-state index contributed by atoms with van der Waals surface area (Å²) in [6.07, 6.45) is 3.61. The maximum atomic E-state index is 14.8. The normalized spacial score (nSPS) is 20.1. The Morgan fingerprint density at radius 2 is 2.10 bits per heavy atom. The quantitative estimate of drug-likeness (QED) is 0.667. The van der Waals surface area contributed by atoms with E-state index in [-0.39, 0.29) is 34.8 Å². The smallest absolute Gasteiger partial charge is 0.341 e. The molecule has 2 aromatic rings. The van der Waals surface area contributed by atoms with E-state index in [4.69, 9.17) is 5.73 Å². The first kappa shape index (κ1) is 19.3. The van der Waals surface area contributed by atoms with Gasteiger partial charge in [0.15, 0.2) is 11.6 Å². The fraction of sp³-hybridized carbons (Fsp3) is 0.474. The number of halogens is 1. The second kappa shape index (κ2) is 7.11. The SMILES string of the molecule is C[C@H](N)C(=O)N[C@@H]1CCN(c2nc3c(cc2F)c(=O)c(C(=O)O)cn3C2CC2)C1. The van der Waals surface area contributed by atoms with Crippen LogP contribution in [0, 0.1) is 5.82 Å². The molecule has 154 valence electrons. The Kier molecular flexibility index (Phi) is 4.73. The summed E-state index contributed by atoms with van der Waals surface area (Å²) in [6, 6.07) is 0.319. The van der Waals surface area contributed by atoms with Gasteiger partial charge in [0.1, 0.15) is 11.2 Å². The number of aromatic nitrogens is 2. The fourth-order valence-electron chi connectivity index (χ4n) is 3.65. The number of nitrogens with one attached hydrogen (secondary N) is 1. The zero-order valence-electron chi connectivity index (χ0n) is 15.9. The summed E-state index contributed by atoms with van der Waals surface area (Å²) < 4.78 is 16.5. The Morgan fingerprint density at radius 1 is 1.38 bits per heavy atom. The minimum absolute atomic E-state index is 0.0425. The summed E-state index contributed by atoms with van der Waals surface area (Å²) in [6.45, 7) is 2.45. The summed E-state index contributed by atoms with van der Waals surface area (Å²) >= 11 is 0. The van der Waals surface area contributed by atoms with Crippen molar-refractivity contribution < 1.29 is 19.1 Å². The van der Waals surface area contributed by atoms with Gasteiger partial charge >= 0.3 is 5.97 Å². The molecule has 0 radical (unpaired) electrons. The Balaban J connectivity index is 1.72. The molecule has 2 fully saturated rings. The summed E-state index contributed by atoms with van der Waals surface area (Å²) in [5, 5.41) is 12.1. The first-order valence-corrected chi connectivity index (χ1v) is 9.56. The Labute approximate surface area is 165 Å². The molecule has 4 rings (SSSR count). The highest BCUT2D eigenvalue weighted by molar-refractivity contribution is 5.92. The Bertz CT molecular complexity index is 1060. The lowest BCUT2D eigenvalue weighted by Gasteiger charge is -2.20. The van der Waals surface area contributed by atoms with E-state index in [1.54, 1.807) is 16.4 Å². The molecule has 0 bridgehead atoms. The number of aromatic carboxylic acids is 1. The minimum Gasteiger partial charge on any atom is -0.477 e. The third-order valence-corrected chi connectivity index (χ3v) is 5.36. The molecule has 1 amide bonds. The van der Waals surface area contributed by atoms with E-state index in [0.717, 1.165) is 18.9 Å². The first-order chi connectivity index (χ1) is 13.8. The van der Waals surface area contributed by atoms with Crippen molar-refractivity contribution in [3.05, 3.63) is 33.9 Å². The molecule has 2 aromatic heterocycles. The van der Waals surface area contributed by atoms with Crippen LogP contribution in [0.5, 0.6) is 0 Å². The average molecular weight is 403 g/mol. The van der Waals surface area contributed by atoms with E-state index < -0.39 is 28.8 Å². The first-order valence-electron chi connectivity index (χ1n) is 9.56. The largest absolute Gasteiger partial charge is 0.477 e. The van der Waals surface area contributed by atoms with Crippen molar-refractivity contribution in [3.63, 3.8) is 0 Å². The van der Waals surface area contributed by atoms with Crippen molar-refractivity contribution in [1.29, 1.82) is 0 Å². The molecule has 0 unspecified atom stereocenters. The highest BCUT2D eigenvalue weighted by Gasteiger charge is 2.31. The Morgan fingerprint density at radius 3 is 2.72 bits per heavy atom. The third-order valence-electron chi connectivity index (χ3n) is 5.36. The van der Waals surface area contributed by atoms with Crippen LogP contribution in [0.1, 0.15) is 42.6 Å².